The monoisotopic (exact) mass is 325 g/mol. The Hall–Kier alpha value is -2.31. The van der Waals surface area contributed by atoms with Crippen molar-refractivity contribution in [3.8, 4) is 0 Å². The Morgan fingerprint density at radius 3 is 2.04 bits per heavy atom. The van der Waals surface area contributed by atoms with Gasteiger partial charge < -0.3 is 19.2 Å². The first-order valence-electron chi connectivity index (χ1n) is 7.67. The van der Waals surface area contributed by atoms with E-state index in [1.165, 1.54) is 0 Å². The van der Waals surface area contributed by atoms with E-state index in [2.05, 4.69) is 4.98 Å². The Morgan fingerprint density at radius 2 is 1.48 bits per heavy atom. The number of aromatic nitrogens is 1. The number of ether oxygens (including phenoxy) is 3. The lowest BCUT2D eigenvalue weighted by Crippen LogP contribution is -2.13. The van der Waals surface area contributed by atoms with Gasteiger partial charge in [0.1, 0.15) is 5.69 Å². The van der Waals surface area contributed by atoms with Gasteiger partial charge in [-0.05, 0) is 39.7 Å². The number of hydrogen-bond acceptors (Lipinski definition) is 6. The van der Waals surface area contributed by atoms with Crippen LogP contribution < -0.4 is 0 Å². The summed E-state index contributed by atoms with van der Waals surface area (Å²) >= 11 is 0. The molecule has 1 aromatic heterocycles. The molecule has 0 aliphatic carbocycles. The standard InChI is InChI=1S/C16H23NO6/c1-5-21-12(18)9-8-11-13(15(19)22-6-2)10(4)17-14(11)16(20)23-7-3/h17H,5-9H2,1-4H3. The molecule has 1 N–H and O–H groups in total. The van der Waals surface area contributed by atoms with Crippen molar-refractivity contribution in [3.05, 3.63) is 22.5 Å². The van der Waals surface area contributed by atoms with Crippen LogP contribution in [0.5, 0.6) is 0 Å². The highest BCUT2D eigenvalue weighted by Gasteiger charge is 2.26. The molecule has 0 spiro atoms. The second kappa shape index (κ2) is 8.97. The van der Waals surface area contributed by atoms with Crippen molar-refractivity contribution in [2.75, 3.05) is 19.8 Å². The lowest BCUT2D eigenvalue weighted by atomic mass is 10.0. The first-order valence-corrected chi connectivity index (χ1v) is 7.67. The maximum atomic E-state index is 12.1. The average Bonchev–Trinajstić information content (AvgIpc) is 2.82. The summed E-state index contributed by atoms with van der Waals surface area (Å²) < 4.78 is 14.9. The van der Waals surface area contributed by atoms with Gasteiger partial charge in [0, 0.05) is 12.1 Å². The quantitative estimate of drug-likeness (QED) is 0.581. The second-order valence-corrected chi connectivity index (χ2v) is 4.72. The summed E-state index contributed by atoms with van der Waals surface area (Å²) in [6.07, 6.45) is 0.245. The summed E-state index contributed by atoms with van der Waals surface area (Å²) in [5, 5.41) is 0. The van der Waals surface area contributed by atoms with Gasteiger partial charge in [-0.3, -0.25) is 4.79 Å². The van der Waals surface area contributed by atoms with Crippen LogP contribution in [-0.2, 0) is 25.4 Å². The number of nitrogens with one attached hydrogen (secondary N) is 1. The molecule has 128 valence electrons. The molecule has 1 heterocycles. The number of H-pyrrole nitrogens is 1. The number of aromatic amines is 1. The molecule has 0 unspecified atom stereocenters. The fourth-order valence-corrected chi connectivity index (χ4v) is 2.24. The molecule has 0 aliphatic heterocycles. The van der Waals surface area contributed by atoms with Crippen LogP contribution in [0.25, 0.3) is 0 Å². The SMILES string of the molecule is CCOC(=O)CCc1c(C(=O)OCC)[nH]c(C)c1C(=O)OCC. The summed E-state index contributed by atoms with van der Waals surface area (Å²) in [4.78, 5) is 38.6. The number of rotatable bonds is 8. The van der Waals surface area contributed by atoms with Crippen molar-refractivity contribution in [1.82, 2.24) is 4.98 Å². The summed E-state index contributed by atoms with van der Waals surface area (Å²) in [6.45, 7) is 7.48. The molecule has 0 aromatic carbocycles. The molecule has 0 amide bonds. The zero-order valence-corrected chi connectivity index (χ0v) is 14.0. The lowest BCUT2D eigenvalue weighted by Gasteiger charge is -2.07. The molecule has 23 heavy (non-hydrogen) atoms. The maximum absolute atomic E-state index is 12.1. The Kier molecular flexibility index (Phi) is 7.31. The largest absolute Gasteiger partial charge is 0.466 e. The van der Waals surface area contributed by atoms with Gasteiger partial charge in [-0.25, -0.2) is 9.59 Å². The Morgan fingerprint density at radius 1 is 0.913 bits per heavy atom. The van der Waals surface area contributed by atoms with Crippen LogP contribution in [0.4, 0.5) is 0 Å². The third kappa shape index (κ3) is 4.84. The van der Waals surface area contributed by atoms with Crippen LogP contribution in [0.3, 0.4) is 0 Å². The Balaban J connectivity index is 3.15. The van der Waals surface area contributed by atoms with Crippen molar-refractivity contribution in [1.29, 1.82) is 0 Å². The number of carbonyl (C=O) groups excluding carboxylic acids is 3. The van der Waals surface area contributed by atoms with Gasteiger partial charge in [0.05, 0.1) is 25.4 Å². The first-order chi connectivity index (χ1) is 11.0. The van der Waals surface area contributed by atoms with Crippen molar-refractivity contribution >= 4 is 17.9 Å². The van der Waals surface area contributed by atoms with Crippen LogP contribution >= 0.6 is 0 Å². The molecular weight excluding hydrogens is 302 g/mol. The Bertz CT molecular complexity index is 575. The van der Waals surface area contributed by atoms with Crippen LogP contribution in [-0.4, -0.2) is 42.7 Å². The van der Waals surface area contributed by atoms with Crippen LogP contribution in [0.15, 0.2) is 0 Å². The lowest BCUT2D eigenvalue weighted by molar-refractivity contribution is -0.143. The molecule has 1 aromatic rings. The van der Waals surface area contributed by atoms with E-state index in [-0.39, 0.29) is 43.9 Å². The number of esters is 3. The van der Waals surface area contributed by atoms with Crippen molar-refractivity contribution < 1.29 is 28.6 Å². The first kappa shape index (κ1) is 18.7. The average molecular weight is 325 g/mol. The topological polar surface area (TPSA) is 94.7 Å². The van der Waals surface area contributed by atoms with Crippen molar-refractivity contribution in [3.63, 3.8) is 0 Å². The van der Waals surface area contributed by atoms with E-state index in [1.807, 2.05) is 0 Å². The number of aryl methyl sites for hydroxylation is 1. The molecular formula is C16H23NO6. The highest BCUT2D eigenvalue weighted by Crippen LogP contribution is 2.23. The zero-order valence-electron chi connectivity index (χ0n) is 14.0. The van der Waals surface area contributed by atoms with Crippen molar-refractivity contribution in [2.45, 2.75) is 40.5 Å². The summed E-state index contributed by atoms with van der Waals surface area (Å²) in [6, 6.07) is 0. The van der Waals surface area contributed by atoms with E-state index in [1.54, 1.807) is 27.7 Å². The summed E-state index contributed by atoms with van der Waals surface area (Å²) in [5.74, 6) is -1.49. The van der Waals surface area contributed by atoms with Gasteiger partial charge in [-0.15, -0.1) is 0 Å². The minimum absolute atomic E-state index is 0.0595. The minimum Gasteiger partial charge on any atom is -0.466 e. The molecule has 0 fully saturated rings. The van der Waals surface area contributed by atoms with E-state index in [0.717, 1.165) is 0 Å². The maximum Gasteiger partial charge on any atom is 0.355 e. The minimum atomic E-state index is -0.565. The van der Waals surface area contributed by atoms with Crippen molar-refractivity contribution in [2.24, 2.45) is 0 Å². The van der Waals surface area contributed by atoms with Gasteiger partial charge in [0.15, 0.2) is 0 Å². The molecule has 0 bridgehead atoms. The van der Waals surface area contributed by atoms with Gasteiger partial charge in [-0.1, -0.05) is 0 Å². The van der Waals surface area contributed by atoms with E-state index < -0.39 is 17.9 Å². The van der Waals surface area contributed by atoms with E-state index in [0.29, 0.717) is 11.3 Å². The molecule has 0 atom stereocenters. The third-order valence-electron chi connectivity index (χ3n) is 3.13. The van der Waals surface area contributed by atoms with Crippen LogP contribution in [0.1, 0.15) is 59.3 Å². The third-order valence-corrected chi connectivity index (χ3v) is 3.13. The highest BCUT2D eigenvalue weighted by atomic mass is 16.5. The van der Waals surface area contributed by atoms with E-state index in [9.17, 15) is 14.4 Å². The van der Waals surface area contributed by atoms with Gasteiger partial charge >= 0.3 is 17.9 Å². The fraction of sp³-hybridized carbons (Fsp3) is 0.562. The van der Waals surface area contributed by atoms with Gasteiger partial charge in [0.25, 0.3) is 0 Å². The van der Waals surface area contributed by atoms with E-state index in [4.69, 9.17) is 14.2 Å². The molecule has 7 heteroatoms. The summed E-state index contributed by atoms with van der Waals surface area (Å²) in [7, 11) is 0. The second-order valence-electron chi connectivity index (χ2n) is 4.72. The smallest absolute Gasteiger partial charge is 0.355 e. The predicted molar refractivity (Wildman–Crippen MR) is 82.4 cm³/mol. The molecule has 0 radical (unpaired) electrons. The Labute approximate surface area is 135 Å². The molecule has 1 rings (SSSR count). The molecule has 0 saturated carbocycles. The van der Waals surface area contributed by atoms with E-state index >= 15 is 0 Å². The number of hydrogen-bond donors (Lipinski definition) is 1. The summed E-state index contributed by atoms with van der Waals surface area (Å²) in [5.41, 5.74) is 1.38. The molecule has 0 saturated heterocycles. The van der Waals surface area contributed by atoms with Gasteiger partial charge in [-0.2, -0.15) is 0 Å². The van der Waals surface area contributed by atoms with Crippen LogP contribution in [0.2, 0.25) is 0 Å². The zero-order chi connectivity index (χ0) is 17.4. The highest BCUT2D eigenvalue weighted by molar-refractivity contribution is 5.99. The molecule has 7 nitrogen and oxygen atoms in total. The van der Waals surface area contributed by atoms with Gasteiger partial charge in [0.2, 0.25) is 0 Å². The molecule has 0 aliphatic rings. The normalized spacial score (nSPS) is 10.3. The van der Waals surface area contributed by atoms with Crippen LogP contribution in [0, 0.1) is 6.92 Å². The predicted octanol–water partition coefficient (Wildman–Crippen LogP) is 2.17. The fourth-order valence-electron chi connectivity index (χ4n) is 2.24. The number of carbonyl (C=O) groups is 3.